The van der Waals surface area contributed by atoms with Crippen LogP contribution in [0.4, 0.5) is 0 Å². The lowest BCUT2D eigenvalue weighted by Gasteiger charge is -2.17. The zero-order chi connectivity index (χ0) is 11.3. The Morgan fingerprint density at radius 2 is 2.13 bits per heavy atom. The molecule has 0 aliphatic heterocycles. The molecule has 0 aromatic heterocycles. The van der Waals surface area contributed by atoms with Crippen LogP contribution in [-0.2, 0) is 6.42 Å². The predicted molar refractivity (Wildman–Crippen MR) is 65.4 cm³/mol. The van der Waals surface area contributed by atoms with Gasteiger partial charge in [-0.05, 0) is 37.8 Å². The van der Waals surface area contributed by atoms with E-state index in [2.05, 4.69) is 43.2 Å². The Hall–Kier alpha value is -1.12. The average molecular weight is 204 g/mol. The molecule has 0 aliphatic rings. The van der Waals surface area contributed by atoms with Gasteiger partial charge in [-0.3, -0.25) is 11.3 Å². The summed E-state index contributed by atoms with van der Waals surface area (Å²) in [4.78, 5) is 0. The molecule has 0 aliphatic carbocycles. The molecule has 0 fully saturated rings. The standard InChI is InChI=1S/C13H20N2/c1-10(2)8-13(15-14)9-12-7-5-4-6-11(12)3/h4-7,13,15H,1,8-9,14H2,2-3H3. The summed E-state index contributed by atoms with van der Waals surface area (Å²) >= 11 is 0. The van der Waals surface area contributed by atoms with Crippen molar-refractivity contribution < 1.29 is 0 Å². The SMILES string of the molecule is C=C(C)CC(Cc1ccccc1C)NN. The Kier molecular flexibility index (Phi) is 4.53. The van der Waals surface area contributed by atoms with Crippen LogP contribution >= 0.6 is 0 Å². The molecule has 0 saturated carbocycles. The van der Waals surface area contributed by atoms with Crippen molar-refractivity contribution in [3.63, 3.8) is 0 Å². The molecule has 2 heteroatoms. The first kappa shape index (κ1) is 12.0. The average Bonchev–Trinajstić information content (AvgIpc) is 2.19. The molecule has 0 bridgehead atoms. The minimum atomic E-state index is 0.281. The molecule has 0 saturated heterocycles. The van der Waals surface area contributed by atoms with E-state index in [0.29, 0.717) is 0 Å². The van der Waals surface area contributed by atoms with Crippen molar-refractivity contribution in [2.75, 3.05) is 0 Å². The summed E-state index contributed by atoms with van der Waals surface area (Å²) in [5.41, 5.74) is 6.67. The summed E-state index contributed by atoms with van der Waals surface area (Å²) in [7, 11) is 0. The van der Waals surface area contributed by atoms with Gasteiger partial charge in [-0.25, -0.2) is 0 Å². The predicted octanol–water partition coefficient (Wildman–Crippen LogP) is 2.34. The highest BCUT2D eigenvalue weighted by atomic mass is 15.2. The second-order valence-corrected chi connectivity index (χ2v) is 4.16. The first-order valence-corrected chi connectivity index (χ1v) is 5.28. The van der Waals surface area contributed by atoms with Crippen molar-refractivity contribution in [3.8, 4) is 0 Å². The Labute approximate surface area is 92.2 Å². The van der Waals surface area contributed by atoms with Crippen LogP contribution in [0.3, 0.4) is 0 Å². The lowest BCUT2D eigenvalue weighted by molar-refractivity contribution is 0.520. The highest BCUT2D eigenvalue weighted by Gasteiger charge is 2.08. The molecule has 0 amide bonds. The minimum Gasteiger partial charge on any atom is -0.271 e. The molecule has 0 heterocycles. The molecule has 1 rings (SSSR count). The van der Waals surface area contributed by atoms with Gasteiger partial charge < -0.3 is 0 Å². The number of hydrogen-bond donors (Lipinski definition) is 2. The maximum absolute atomic E-state index is 5.53. The summed E-state index contributed by atoms with van der Waals surface area (Å²) in [6.07, 6.45) is 1.88. The van der Waals surface area contributed by atoms with Crippen molar-refractivity contribution in [2.45, 2.75) is 32.7 Å². The van der Waals surface area contributed by atoms with Gasteiger partial charge in [0.2, 0.25) is 0 Å². The highest BCUT2D eigenvalue weighted by Crippen LogP contribution is 2.12. The summed E-state index contributed by atoms with van der Waals surface area (Å²) in [6, 6.07) is 8.68. The van der Waals surface area contributed by atoms with Crippen molar-refractivity contribution in [2.24, 2.45) is 5.84 Å². The quantitative estimate of drug-likeness (QED) is 0.439. The van der Waals surface area contributed by atoms with Crippen LogP contribution in [0, 0.1) is 6.92 Å². The van der Waals surface area contributed by atoms with E-state index in [9.17, 15) is 0 Å². The summed E-state index contributed by atoms with van der Waals surface area (Å²) < 4.78 is 0. The Bertz CT molecular complexity index is 331. The molecule has 1 atom stereocenters. The number of benzene rings is 1. The van der Waals surface area contributed by atoms with Gasteiger partial charge in [-0.15, -0.1) is 6.58 Å². The summed E-state index contributed by atoms with van der Waals surface area (Å²) in [6.45, 7) is 8.07. The van der Waals surface area contributed by atoms with E-state index >= 15 is 0 Å². The molecule has 0 spiro atoms. The largest absolute Gasteiger partial charge is 0.271 e. The molecule has 0 radical (unpaired) electrons. The second-order valence-electron chi connectivity index (χ2n) is 4.16. The van der Waals surface area contributed by atoms with E-state index in [1.807, 2.05) is 6.92 Å². The van der Waals surface area contributed by atoms with Crippen LogP contribution in [0.5, 0.6) is 0 Å². The number of rotatable bonds is 5. The van der Waals surface area contributed by atoms with Gasteiger partial charge in [-0.1, -0.05) is 29.8 Å². The van der Waals surface area contributed by atoms with Gasteiger partial charge in [0, 0.05) is 6.04 Å². The second kappa shape index (κ2) is 5.69. The van der Waals surface area contributed by atoms with Crippen LogP contribution in [0.1, 0.15) is 24.5 Å². The fourth-order valence-electron chi connectivity index (χ4n) is 1.72. The zero-order valence-electron chi connectivity index (χ0n) is 9.59. The third-order valence-corrected chi connectivity index (χ3v) is 2.56. The number of hydrogen-bond acceptors (Lipinski definition) is 2. The Morgan fingerprint density at radius 1 is 1.47 bits per heavy atom. The van der Waals surface area contributed by atoms with E-state index in [4.69, 9.17) is 5.84 Å². The van der Waals surface area contributed by atoms with Crippen LogP contribution in [0.15, 0.2) is 36.4 Å². The topological polar surface area (TPSA) is 38.0 Å². The molecule has 15 heavy (non-hydrogen) atoms. The number of nitrogens with two attached hydrogens (primary N) is 1. The molecular formula is C13H20N2. The Balaban J connectivity index is 2.66. The van der Waals surface area contributed by atoms with Crippen molar-refractivity contribution in [3.05, 3.63) is 47.5 Å². The first-order chi connectivity index (χ1) is 7.13. The van der Waals surface area contributed by atoms with E-state index < -0.39 is 0 Å². The lowest BCUT2D eigenvalue weighted by Crippen LogP contribution is -2.37. The fourth-order valence-corrected chi connectivity index (χ4v) is 1.72. The lowest BCUT2D eigenvalue weighted by atomic mass is 9.98. The van der Waals surface area contributed by atoms with E-state index in [1.165, 1.54) is 11.1 Å². The van der Waals surface area contributed by atoms with Gasteiger partial charge in [0.15, 0.2) is 0 Å². The minimum absolute atomic E-state index is 0.281. The maximum atomic E-state index is 5.53. The normalized spacial score (nSPS) is 12.5. The van der Waals surface area contributed by atoms with Crippen LogP contribution < -0.4 is 11.3 Å². The van der Waals surface area contributed by atoms with Gasteiger partial charge >= 0.3 is 0 Å². The number of hydrazine groups is 1. The van der Waals surface area contributed by atoms with Crippen LogP contribution in [0.25, 0.3) is 0 Å². The molecule has 3 N–H and O–H groups in total. The molecule has 1 unspecified atom stereocenters. The molecular weight excluding hydrogens is 184 g/mol. The van der Waals surface area contributed by atoms with Crippen molar-refractivity contribution >= 4 is 0 Å². The van der Waals surface area contributed by atoms with Crippen LogP contribution in [0.2, 0.25) is 0 Å². The Morgan fingerprint density at radius 3 is 2.67 bits per heavy atom. The van der Waals surface area contributed by atoms with E-state index in [0.717, 1.165) is 18.4 Å². The maximum Gasteiger partial charge on any atom is 0.0287 e. The van der Waals surface area contributed by atoms with Gasteiger partial charge in [0.05, 0.1) is 0 Å². The molecule has 1 aromatic rings. The smallest absolute Gasteiger partial charge is 0.0287 e. The number of aryl methyl sites for hydroxylation is 1. The molecule has 1 aromatic carbocycles. The van der Waals surface area contributed by atoms with Gasteiger partial charge in [-0.2, -0.15) is 0 Å². The summed E-state index contributed by atoms with van der Waals surface area (Å²) in [5, 5.41) is 0. The number of nitrogens with one attached hydrogen (secondary N) is 1. The molecule has 82 valence electrons. The van der Waals surface area contributed by atoms with Crippen LogP contribution in [-0.4, -0.2) is 6.04 Å². The van der Waals surface area contributed by atoms with E-state index in [1.54, 1.807) is 0 Å². The van der Waals surface area contributed by atoms with Gasteiger partial charge in [0.1, 0.15) is 0 Å². The van der Waals surface area contributed by atoms with Crippen molar-refractivity contribution in [1.82, 2.24) is 5.43 Å². The monoisotopic (exact) mass is 204 g/mol. The fraction of sp³-hybridized carbons (Fsp3) is 0.385. The third kappa shape index (κ3) is 3.86. The first-order valence-electron chi connectivity index (χ1n) is 5.28. The zero-order valence-corrected chi connectivity index (χ0v) is 9.59. The van der Waals surface area contributed by atoms with E-state index in [-0.39, 0.29) is 6.04 Å². The third-order valence-electron chi connectivity index (χ3n) is 2.56. The highest BCUT2D eigenvalue weighted by molar-refractivity contribution is 5.26. The summed E-state index contributed by atoms with van der Waals surface area (Å²) in [5.74, 6) is 5.53. The van der Waals surface area contributed by atoms with Gasteiger partial charge in [0.25, 0.3) is 0 Å². The van der Waals surface area contributed by atoms with Crippen molar-refractivity contribution in [1.29, 1.82) is 0 Å². The molecule has 2 nitrogen and oxygen atoms in total.